The third-order valence-corrected chi connectivity index (χ3v) is 3.98. The minimum absolute atomic E-state index is 0.0618. The van der Waals surface area contributed by atoms with Gasteiger partial charge in [0.2, 0.25) is 10.0 Å². The Hall–Kier alpha value is -0.820. The number of sulfonamides is 1. The fraction of sp³-hybridized carbons (Fsp3) is 0.900. The summed E-state index contributed by atoms with van der Waals surface area (Å²) in [6, 6.07) is -0.0179. The smallest absolute Gasteiger partial charge is 0.315 e. The van der Waals surface area contributed by atoms with Crippen LogP contribution in [0.25, 0.3) is 0 Å². The van der Waals surface area contributed by atoms with Gasteiger partial charge in [-0.25, -0.2) is 17.5 Å². The monoisotopic (exact) mass is 263 g/mol. The first kappa shape index (κ1) is 14.2. The zero-order chi connectivity index (χ0) is 13.1. The van der Waals surface area contributed by atoms with Crippen LogP contribution in [0.4, 0.5) is 4.79 Å². The number of piperidine rings is 1. The molecule has 0 radical (unpaired) electrons. The summed E-state index contributed by atoms with van der Waals surface area (Å²) in [5.41, 5.74) is 0. The van der Waals surface area contributed by atoms with E-state index in [-0.39, 0.29) is 18.1 Å². The first-order valence-corrected chi connectivity index (χ1v) is 7.66. The number of hydrogen-bond donors (Lipinski definition) is 2. The number of hydrogen-bond acceptors (Lipinski definition) is 3. The highest BCUT2D eigenvalue weighted by molar-refractivity contribution is 7.88. The molecule has 2 amide bonds. The van der Waals surface area contributed by atoms with E-state index >= 15 is 0 Å². The average Bonchev–Trinajstić information content (AvgIpc) is 2.15. The predicted octanol–water partition coefficient (Wildman–Crippen LogP) is 0.118. The second-order valence-electron chi connectivity index (χ2n) is 4.71. The average molecular weight is 263 g/mol. The SMILES string of the molecule is CC(C)NC(=O)NC1CCN(S(C)(=O)=O)CC1. The van der Waals surface area contributed by atoms with Crippen molar-refractivity contribution in [3.05, 3.63) is 0 Å². The van der Waals surface area contributed by atoms with E-state index in [0.717, 1.165) is 0 Å². The summed E-state index contributed by atoms with van der Waals surface area (Å²) in [6.45, 7) is 4.74. The summed E-state index contributed by atoms with van der Waals surface area (Å²) < 4.78 is 24.0. The third kappa shape index (κ3) is 4.91. The number of urea groups is 1. The van der Waals surface area contributed by atoms with Gasteiger partial charge in [0.1, 0.15) is 0 Å². The van der Waals surface area contributed by atoms with E-state index in [1.54, 1.807) is 0 Å². The predicted molar refractivity (Wildman–Crippen MR) is 66.2 cm³/mol. The summed E-state index contributed by atoms with van der Waals surface area (Å²) >= 11 is 0. The topological polar surface area (TPSA) is 78.5 Å². The molecule has 1 heterocycles. The third-order valence-electron chi connectivity index (χ3n) is 2.68. The Morgan fingerprint density at radius 3 is 2.24 bits per heavy atom. The van der Waals surface area contributed by atoms with Crippen LogP contribution in [0.2, 0.25) is 0 Å². The lowest BCUT2D eigenvalue weighted by Gasteiger charge is -2.30. The lowest BCUT2D eigenvalue weighted by Crippen LogP contribution is -2.49. The van der Waals surface area contributed by atoms with E-state index < -0.39 is 10.0 Å². The lowest BCUT2D eigenvalue weighted by atomic mass is 10.1. The Morgan fingerprint density at radius 2 is 1.82 bits per heavy atom. The first-order chi connectivity index (χ1) is 7.79. The van der Waals surface area contributed by atoms with Gasteiger partial charge in [0.25, 0.3) is 0 Å². The highest BCUT2D eigenvalue weighted by atomic mass is 32.2. The van der Waals surface area contributed by atoms with Crippen molar-refractivity contribution in [3.63, 3.8) is 0 Å². The molecule has 0 bridgehead atoms. The van der Waals surface area contributed by atoms with Gasteiger partial charge in [0.15, 0.2) is 0 Å². The van der Waals surface area contributed by atoms with Crippen LogP contribution in [0.3, 0.4) is 0 Å². The molecule has 0 aliphatic carbocycles. The number of carbonyl (C=O) groups is 1. The maximum absolute atomic E-state index is 11.4. The summed E-state index contributed by atoms with van der Waals surface area (Å²) in [6.07, 6.45) is 2.55. The van der Waals surface area contributed by atoms with E-state index in [2.05, 4.69) is 10.6 Å². The molecular weight excluding hydrogens is 242 g/mol. The van der Waals surface area contributed by atoms with Gasteiger partial charge >= 0.3 is 6.03 Å². The van der Waals surface area contributed by atoms with Crippen LogP contribution in [-0.2, 0) is 10.0 Å². The van der Waals surface area contributed by atoms with E-state index in [1.807, 2.05) is 13.8 Å². The van der Waals surface area contributed by atoms with Crippen LogP contribution < -0.4 is 10.6 Å². The van der Waals surface area contributed by atoms with Crippen molar-refractivity contribution in [3.8, 4) is 0 Å². The molecule has 1 rings (SSSR count). The fourth-order valence-electron chi connectivity index (χ4n) is 1.82. The van der Waals surface area contributed by atoms with Crippen molar-refractivity contribution < 1.29 is 13.2 Å². The molecule has 0 aromatic rings. The van der Waals surface area contributed by atoms with Crippen molar-refractivity contribution >= 4 is 16.1 Å². The summed E-state index contributed by atoms with van der Waals surface area (Å²) in [4.78, 5) is 11.4. The quantitative estimate of drug-likeness (QED) is 0.759. The van der Waals surface area contributed by atoms with Gasteiger partial charge in [-0.05, 0) is 26.7 Å². The highest BCUT2D eigenvalue weighted by Crippen LogP contribution is 2.12. The van der Waals surface area contributed by atoms with Crippen LogP contribution in [0, 0.1) is 0 Å². The maximum atomic E-state index is 11.4. The standard InChI is InChI=1S/C10H21N3O3S/c1-8(2)11-10(14)12-9-4-6-13(7-5-9)17(3,15)16/h8-9H,4-7H2,1-3H3,(H2,11,12,14). The van der Waals surface area contributed by atoms with Crippen LogP contribution in [0.1, 0.15) is 26.7 Å². The number of nitrogens with one attached hydrogen (secondary N) is 2. The normalized spacial score (nSPS) is 19.3. The molecular formula is C10H21N3O3S. The molecule has 0 aromatic heterocycles. The molecule has 0 atom stereocenters. The number of carbonyl (C=O) groups excluding carboxylic acids is 1. The highest BCUT2D eigenvalue weighted by Gasteiger charge is 2.25. The molecule has 6 nitrogen and oxygen atoms in total. The zero-order valence-electron chi connectivity index (χ0n) is 10.6. The zero-order valence-corrected chi connectivity index (χ0v) is 11.4. The Bertz CT molecular complexity index is 359. The van der Waals surface area contributed by atoms with Crippen molar-refractivity contribution in [2.24, 2.45) is 0 Å². The molecule has 1 saturated heterocycles. The number of nitrogens with zero attached hydrogens (tertiary/aromatic N) is 1. The fourth-order valence-corrected chi connectivity index (χ4v) is 2.70. The van der Waals surface area contributed by atoms with Gasteiger partial charge in [-0.3, -0.25) is 0 Å². The maximum Gasteiger partial charge on any atom is 0.315 e. The lowest BCUT2D eigenvalue weighted by molar-refractivity contribution is 0.225. The summed E-state index contributed by atoms with van der Waals surface area (Å²) in [5.74, 6) is 0. The van der Waals surface area contributed by atoms with Gasteiger partial charge in [0, 0.05) is 25.2 Å². The summed E-state index contributed by atoms with van der Waals surface area (Å²) in [7, 11) is -3.09. The van der Waals surface area contributed by atoms with E-state index in [0.29, 0.717) is 25.9 Å². The van der Waals surface area contributed by atoms with Crippen LogP contribution >= 0.6 is 0 Å². The van der Waals surface area contributed by atoms with Gasteiger partial charge in [-0.2, -0.15) is 0 Å². The van der Waals surface area contributed by atoms with Crippen LogP contribution in [0.15, 0.2) is 0 Å². The molecule has 1 fully saturated rings. The van der Waals surface area contributed by atoms with Crippen molar-refractivity contribution in [1.29, 1.82) is 0 Å². The van der Waals surface area contributed by atoms with E-state index in [4.69, 9.17) is 0 Å². The van der Waals surface area contributed by atoms with Crippen molar-refractivity contribution in [1.82, 2.24) is 14.9 Å². The van der Waals surface area contributed by atoms with Crippen LogP contribution in [0.5, 0.6) is 0 Å². The molecule has 0 saturated carbocycles. The Balaban J connectivity index is 2.35. The number of rotatable bonds is 3. The summed E-state index contributed by atoms with van der Waals surface area (Å²) in [5, 5.41) is 5.60. The molecule has 100 valence electrons. The number of amides is 2. The Labute approximate surface area is 103 Å². The van der Waals surface area contributed by atoms with Crippen LogP contribution in [-0.4, -0.2) is 50.2 Å². The molecule has 17 heavy (non-hydrogen) atoms. The minimum atomic E-state index is -3.09. The molecule has 0 unspecified atom stereocenters. The Morgan fingerprint density at radius 1 is 1.29 bits per heavy atom. The van der Waals surface area contributed by atoms with Gasteiger partial charge < -0.3 is 10.6 Å². The Kier molecular flexibility index (Phi) is 4.76. The molecule has 1 aliphatic heterocycles. The van der Waals surface area contributed by atoms with E-state index in [1.165, 1.54) is 10.6 Å². The molecule has 2 N–H and O–H groups in total. The first-order valence-electron chi connectivity index (χ1n) is 5.81. The molecule has 7 heteroatoms. The van der Waals surface area contributed by atoms with Crippen molar-refractivity contribution in [2.45, 2.75) is 38.8 Å². The second kappa shape index (κ2) is 5.68. The van der Waals surface area contributed by atoms with Gasteiger partial charge in [-0.1, -0.05) is 0 Å². The minimum Gasteiger partial charge on any atom is -0.336 e. The molecule has 0 aromatic carbocycles. The van der Waals surface area contributed by atoms with Crippen molar-refractivity contribution in [2.75, 3.05) is 19.3 Å². The van der Waals surface area contributed by atoms with E-state index in [9.17, 15) is 13.2 Å². The molecule has 0 spiro atoms. The largest absolute Gasteiger partial charge is 0.336 e. The van der Waals surface area contributed by atoms with Gasteiger partial charge in [0.05, 0.1) is 6.26 Å². The van der Waals surface area contributed by atoms with Gasteiger partial charge in [-0.15, -0.1) is 0 Å². The molecule has 1 aliphatic rings. The second-order valence-corrected chi connectivity index (χ2v) is 6.69.